The topological polar surface area (TPSA) is 63.4 Å². The van der Waals surface area contributed by atoms with Crippen LogP contribution < -0.4 is 5.14 Å². The number of aryl methyl sites for hydroxylation is 1. The van der Waals surface area contributed by atoms with Gasteiger partial charge in [-0.05, 0) is 56.2 Å². The lowest BCUT2D eigenvalue weighted by Crippen LogP contribution is -2.24. The number of nitrogens with two attached hydrogens (primary N) is 1. The zero-order valence-corrected chi connectivity index (χ0v) is 12.2. The van der Waals surface area contributed by atoms with Crippen molar-refractivity contribution in [3.8, 4) is 0 Å². The third-order valence-corrected chi connectivity index (χ3v) is 4.16. The lowest BCUT2D eigenvalue weighted by molar-refractivity contribution is 0.299. The van der Waals surface area contributed by atoms with E-state index in [0.717, 1.165) is 32.1 Å². The first-order chi connectivity index (χ1) is 8.88. The van der Waals surface area contributed by atoms with Crippen LogP contribution in [0.3, 0.4) is 0 Å². The van der Waals surface area contributed by atoms with Crippen LogP contribution in [0.2, 0.25) is 0 Å². The summed E-state index contributed by atoms with van der Waals surface area (Å²) in [6.07, 6.45) is 1.27. The number of nitrogens with zero attached hydrogens (tertiary/aromatic N) is 1. The van der Waals surface area contributed by atoms with Gasteiger partial charge in [-0.3, -0.25) is 0 Å². The highest BCUT2D eigenvalue weighted by molar-refractivity contribution is 7.89. The molecule has 0 atom stereocenters. The predicted octanol–water partition coefficient (Wildman–Crippen LogP) is 1.75. The maximum Gasteiger partial charge on any atom is 0.238 e. The van der Waals surface area contributed by atoms with Crippen LogP contribution in [-0.4, -0.2) is 33.0 Å². The molecule has 2 N–H and O–H groups in total. The van der Waals surface area contributed by atoms with Gasteiger partial charge in [-0.15, -0.1) is 0 Å². The summed E-state index contributed by atoms with van der Waals surface area (Å²) in [4.78, 5) is 2.25. The van der Waals surface area contributed by atoms with Crippen LogP contribution in [0.1, 0.15) is 25.8 Å². The Hall–Kier alpha value is -0.980. The van der Waals surface area contributed by atoms with Crippen LogP contribution in [-0.2, 0) is 16.4 Å². The third-order valence-electron chi connectivity index (χ3n) is 3.14. The van der Waals surface area contributed by atoms with Gasteiger partial charge in [0.2, 0.25) is 10.0 Å². The van der Waals surface area contributed by atoms with Crippen molar-refractivity contribution >= 4 is 10.0 Å². The molecule has 0 heterocycles. The molecule has 0 amide bonds. The summed E-state index contributed by atoms with van der Waals surface area (Å²) in [6.45, 7) is 6.89. The molecule has 1 aromatic rings. The summed E-state index contributed by atoms with van der Waals surface area (Å²) in [5.74, 6) is -0.440. The maximum atomic E-state index is 13.2. The van der Waals surface area contributed by atoms with Gasteiger partial charge in [0.05, 0.1) is 4.90 Å². The molecule has 0 unspecified atom stereocenters. The number of halogens is 1. The van der Waals surface area contributed by atoms with E-state index in [-0.39, 0.29) is 4.90 Å². The summed E-state index contributed by atoms with van der Waals surface area (Å²) < 4.78 is 36.0. The number of primary sulfonamides is 1. The smallest absolute Gasteiger partial charge is 0.238 e. The van der Waals surface area contributed by atoms with E-state index in [1.54, 1.807) is 0 Å². The van der Waals surface area contributed by atoms with Crippen LogP contribution in [0.4, 0.5) is 4.39 Å². The Morgan fingerprint density at radius 1 is 1.26 bits per heavy atom. The Kier molecular flexibility index (Phi) is 5.90. The maximum absolute atomic E-state index is 13.2. The Morgan fingerprint density at radius 2 is 1.89 bits per heavy atom. The fourth-order valence-electron chi connectivity index (χ4n) is 2.05. The second-order valence-electron chi connectivity index (χ2n) is 4.43. The van der Waals surface area contributed by atoms with Crippen molar-refractivity contribution in [3.63, 3.8) is 0 Å². The molecule has 0 radical (unpaired) electrons. The first-order valence-corrected chi connectivity index (χ1v) is 7.96. The quantitative estimate of drug-likeness (QED) is 0.831. The Morgan fingerprint density at radius 3 is 2.42 bits per heavy atom. The third kappa shape index (κ3) is 4.89. The monoisotopic (exact) mass is 288 g/mol. The van der Waals surface area contributed by atoms with Crippen molar-refractivity contribution < 1.29 is 12.8 Å². The average Bonchev–Trinajstić information content (AvgIpc) is 2.33. The number of rotatable bonds is 7. The highest BCUT2D eigenvalue weighted by Gasteiger charge is 2.14. The van der Waals surface area contributed by atoms with Gasteiger partial charge < -0.3 is 4.90 Å². The van der Waals surface area contributed by atoms with Crippen molar-refractivity contribution in [1.29, 1.82) is 0 Å². The molecule has 0 bridgehead atoms. The van der Waals surface area contributed by atoms with Gasteiger partial charge in [-0.25, -0.2) is 17.9 Å². The Balaban J connectivity index is 2.80. The van der Waals surface area contributed by atoms with E-state index in [9.17, 15) is 12.8 Å². The largest absolute Gasteiger partial charge is 0.304 e. The minimum Gasteiger partial charge on any atom is -0.304 e. The average molecular weight is 288 g/mol. The molecule has 1 aromatic carbocycles. The van der Waals surface area contributed by atoms with Gasteiger partial charge in [0.25, 0.3) is 0 Å². The minimum atomic E-state index is -3.79. The molecule has 6 heteroatoms. The van der Waals surface area contributed by atoms with E-state index in [4.69, 9.17) is 5.14 Å². The van der Waals surface area contributed by atoms with Gasteiger partial charge in [-0.2, -0.15) is 0 Å². The molecule has 0 saturated carbocycles. The van der Waals surface area contributed by atoms with E-state index in [2.05, 4.69) is 18.7 Å². The van der Waals surface area contributed by atoms with Crippen LogP contribution in [0.25, 0.3) is 0 Å². The van der Waals surface area contributed by atoms with Crippen molar-refractivity contribution in [3.05, 3.63) is 29.6 Å². The normalized spacial score (nSPS) is 12.1. The van der Waals surface area contributed by atoms with Crippen LogP contribution in [0.15, 0.2) is 23.1 Å². The molecular weight excluding hydrogens is 267 g/mol. The van der Waals surface area contributed by atoms with Crippen molar-refractivity contribution in [1.82, 2.24) is 4.90 Å². The first kappa shape index (κ1) is 16.1. The molecule has 0 aromatic heterocycles. The highest BCUT2D eigenvalue weighted by atomic mass is 32.2. The SMILES string of the molecule is CCN(CC)CCCc1cc(F)ccc1S(N)(=O)=O. The molecule has 0 spiro atoms. The molecule has 108 valence electrons. The van der Waals surface area contributed by atoms with Gasteiger partial charge >= 0.3 is 0 Å². The number of hydrogen-bond acceptors (Lipinski definition) is 3. The molecule has 1 rings (SSSR count). The van der Waals surface area contributed by atoms with Gasteiger partial charge in [0.1, 0.15) is 5.82 Å². The van der Waals surface area contributed by atoms with Crippen LogP contribution in [0, 0.1) is 5.82 Å². The molecule has 0 saturated heterocycles. The van der Waals surface area contributed by atoms with Crippen molar-refractivity contribution in [2.24, 2.45) is 5.14 Å². The van der Waals surface area contributed by atoms with Gasteiger partial charge in [0.15, 0.2) is 0 Å². The van der Waals surface area contributed by atoms with E-state index in [1.807, 2.05) is 0 Å². The number of hydrogen-bond donors (Lipinski definition) is 1. The van der Waals surface area contributed by atoms with Crippen molar-refractivity contribution in [2.75, 3.05) is 19.6 Å². The molecule has 0 fully saturated rings. The van der Waals surface area contributed by atoms with Gasteiger partial charge in [-0.1, -0.05) is 13.8 Å². The molecule has 4 nitrogen and oxygen atoms in total. The van der Waals surface area contributed by atoms with E-state index in [1.165, 1.54) is 12.1 Å². The van der Waals surface area contributed by atoms with Crippen LogP contribution >= 0.6 is 0 Å². The highest BCUT2D eigenvalue weighted by Crippen LogP contribution is 2.17. The van der Waals surface area contributed by atoms with E-state index >= 15 is 0 Å². The van der Waals surface area contributed by atoms with Crippen LogP contribution in [0.5, 0.6) is 0 Å². The summed E-state index contributed by atoms with van der Waals surface area (Å²) >= 11 is 0. The number of benzene rings is 1. The molecule has 19 heavy (non-hydrogen) atoms. The fourth-order valence-corrected chi connectivity index (χ4v) is 2.84. The second-order valence-corrected chi connectivity index (χ2v) is 5.96. The molecular formula is C13H21FN2O2S. The number of sulfonamides is 1. The zero-order valence-electron chi connectivity index (χ0n) is 11.4. The first-order valence-electron chi connectivity index (χ1n) is 6.42. The Bertz CT molecular complexity index is 513. The minimum absolute atomic E-state index is 0.0217. The molecule has 0 aliphatic heterocycles. The standard InChI is InChI=1S/C13H21FN2O2S/c1-3-16(4-2)9-5-6-11-10-12(14)7-8-13(11)19(15,17)18/h7-8,10H,3-6,9H2,1-2H3,(H2,15,17,18). The Labute approximate surface area is 114 Å². The summed E-state index contributed by atoms with van der Waals surface area (Å²) in [5, 5.41) is 5.13. The van der Waals surface area contributed by atoms with E-state index in [0.29, 0.717) is 12.0 Å². The summed E-state index contributed by atoms with van der Waals surface area (Å²) in [7, 11) is -3.79. The zero-order chi connectivity index (χ0) is 14.5. The lowest BCUT2D eigenvalue weighted by Gasteiger charge is -2.18. The fraction of sp³-hybridized carbons (Fsp3) is 0.538. The van der Waals surface area contributed by atoms with Gasteiger partial charge in [0, 0.05) is 0 Å². The predicted molar refractivity (Wildman–Crippen MR) is 73.9 cm³/mol. The molecule has 0 aliphatic rings. The summed E-state index contributed by atoms with van der Waals surface area (Å²) in [6, 6.07) is 3.60. The lowest BCUT2D eigenvalue weighted by atomic mass is 10.1. The summed E-state index contributed by atoms with van der Waals surface area (Å²) in [5.41, 5.74) is 0.453. The van der Waals surface area contributed by atoms with Crippen molar-refractivity contribution in [2.45, 2.75) is 31.6 Å². The van der Waals surface area contributed by atoms with E-state index < -0.39 is 15.8 Å². The molecule has 0 aliphatic carbocycles. The second kappa shape index (κ2) is 6.98.